The van der Waals surface area contributed by atoms with E-state index >= 15 is 0 Å². The van der Waals surface area contributed by atoms with Crippen molar-refractivity contribution in [2.45, 2.75) is 38.1 Å². The van der Waals surface area contributed by atoms with Gasteiger partial charge in [-0.1, -0.05) is 0 Å². The summed E-state index contributed by atoms with van der Waals surface area (Å²) in [6.07, 6.45) is 6.26. The lowest BCUT2D eigenvalue weighted by molar-refractivity contribution is -0.947. The number of benzene rings is 1. The molecule has 5 heteroatoms. The van der Waals surface area contributed by atoms with Crippen molar-refractivity contribution in [2.24, 2.45) is 5.92 Å². The van der Waals surface area contributed by atoms with Crippen LogP contribution in [0, 0.1) is 5.92 Å². The van der Waals surface area contributed by atoms with Crippen LogP contribution in [0.15, 0.2) is 18.2 Å². The third-order valence-electron chi connectivity index (χ3n) is 6.06. The zero-order chi connectivity index (χ0) is 17.9. The number of methoxy groups -OCH3 is 2. The Labute approximate surface area is 150 Å². The van der Waals surface area contributed by atoms with Gasteiger partial charge in [0, 0.05) is 18.4 Å². The number of quaternary nitrogens is 1. The molecule has 3 unspecified atom stereocenters. The summed E-state index contributed by atoms with van der Waals surface area (Å²) in [6.45, 7) is 3.04. The normalized spacial score (nSPS) is 28.8. The number of fused-ring (bicyclic) bond motifs is 1. The molecule has 3 rings (SSSR count). The third kappa shape index (κ3) is 3.76. The van der Waals surface area contributed by atoms with Crippen LogP contribution in [0.3, 0.4) is 0 Å². The molecule has 0 N–H and O–H groups in total. The van der Waals surface area contributed by atoms with E-state index in [0.29, 0.717) is 35.6 Å². The lowest BCUT2D eigenvalue weighted by Gasteiger charge is -2.51. The highest BCUT2D eigenvalue weighted by Gasteiger charge is 2.43. The van der Waals surface area contributed by atoms with Gasteiger partial charge in [-0.15, -0.1) is 0 Å². The van der Waals surface area contributed by atoms with Gasteiger partial charge in [0.2, 0.25) is 0 Å². The first kappa shape index (κ1) is 18.1. The number of carbonyl (C=O) groups excluding carboxylic acids is 1. The molecule has 0 spiro atoms. The lowest BCUT2D eigenvalue weighted by Crippen LogP contribution is -2.61. The van der Waals surface area contributed by atoms with Crippen LogP contribution in [0.25, 0.3) is 0 Å². The molecule has 0 radical (unpaired) electrons. The maximum absolute atomic E-state index is 12.6. The van der Waals surface area contributed by atoms with E-state index in [1.807, 2.05) is 0 Å². The second-order valence-corrected chi connectivity index (χ2v) is 7.56. The van der Waals surface area contributed by atoms with Gasteiger partial charge in [-0.25, -0.2) is 4.79 Å². The van der Waals surface area contributed by atoms with Crippen LogP contribution in [0.5, 0.6) is 11.5 Å². The smallest absolute Gasteiger partial charge is 0.341 e. The Morgan fingerprint density at radius 1 is 1.12 bits per heavy atom. The highest BCUT2D eigenvalue weighted by molar-refractivity contribution is 5.92. The van der Waals surface area contributed by atoms with Gasteiger partial charge in [-0.2, -0.15) is 0 Å². The average molecular weight is 348 g/mol. The van der Waals surface area contributed by atoms with Crippen LogP contribution in [-0.2, 0) is 4.74 Å². The van der Waals surface area contributed by atoms with Crippen molar-refractivity contribution in [1.82, 2.24) is 0 Å². The van der Waals surface area contributed by atoms with Gasteiger partial charge in [0.1, 0.15) is 23.7 Å². The van der Waals surface area contributed by atoms with Gasteiger partial charge in [-0.3, -0.25) is 0 Å². The number of hydrogen-bond acceptors (Lipinski definition) is 4. The van der Waals surface area contributed by atoms with E-state index in [1.165, 1.54) is 38.8 Å². The molecule has 0 amide bonds. The lowest BCUT2D eigenvalue weighted by atomic mass is 9.82. The molecule has 0 bridgehead atoms. The Morgan fingerprint density at radius 3 is 2.68 bits per heavy atom. The summed E-state index contributed by atoms with van der Waals surface area (Å²) in [7, 11) is 5.53. The van der Waals surface area contributed by atoms with Crippen LogP contribution in [0.1, 0.15) is 42.5 Å². The number of carbonyl (C=O) groups is 1. The zero-order valence-corrected chi connectivity index (χ0v) is 15.6. The number of esters is 1. The summed E-state index contributed by atoms with van der Waals surface area (Å²) in [4.78, 5) is 12.6. The molecule has 2 fully saturated rings. The van der Waals surface area contributed by atoms with E-state index < -0.39 is 0 Å². The predicted molar refractivity (Wildman–Crippen MR) is 96.1 cm³/mol. The summed E-state index contributed by atoms with van der Waals surface area (Å²) < 4.78 is 17.4. The minimum atomic E-state index is -0.310. The van der Waals surface area contributed by atoms with E-state index in [1.54, 1.807) is 32.4 Å². The van der Waals surface area contributed by atoms with Crippen molar-refractivity contribution in [2.75, 3.05) is 41.0 Å². The van der Waals surface area contributed by atoms with Gasteiger partial charge in [0.15, 0.2) is 0 Å². The van der Waals surface area contributed by atoms with Gasteiger partial charge >= 0.3 is 5.97 Å². The van der Waals surface area contributed by atoms with Crippen molar-refractivity contribution in [3.05, 3.63) is 23.8 Å². The summed E-state index contributed by atoms with van der Waals surface area (Å²) in [5.41, 5.74) is 0.458. The number of hydrogen-bond donors (Lipinski definition) is 0. The van der Waals surface area contributed by atoms with Crippen LogP contribution in [0.4, 0.5) is 0 Å². The molecule has 0 aliphatic carbocycles. The highest BCUT2D eigenvalue weighted by atomic mass is 16.5. The van der Waals surface area contributed by atoms with Crippen molar-refractivity contribution in [1.29, 1.82) is 0 Å². The van der Waals surface area contributed by atoms with Crippen LogP contribution in [0.2, 0.25) is 0 Å². The van der Waals surface area contributed by atoms with Crippen molar-refractivity contribution in [3.63, 3.8) is 0 Å². The fourth-order valence-electron chi connectivity index (χ4n) is 4.66. The first-order valence-electron chi connectivity index (χ1n) is 9.31. The average Bonchev–Trinajstić information content (AvgIpc) is 2.64. The van der Waals surface area contributed by atoms with Crippen molar-refractivity contribution < 1.29 is 23.5 Å². The van der Waals surface area contributed by atoms with E-state index in [0.717, 1.165) is 10.9 Å². The minimum absolute atomic E-state index is 0.310. The molecule has 138 valence electrons. The van der Waals surface area contributed by atoms with Crippen LogP contribution < -0.4 is 9.47 Å². The molecular formula is C20H30NO4+. The minimum Gasteiger partial charge on any atom is -0.497 e. The number of ether oxygens (including phenoxy) is 3. The first-order valence-corrected chi connectivity index (χ1v) is 9.31. The Morgan fingerprint density at radius 2 is 1.92 bits per heavy atom. The topological polar surface area (TPSA) is 44.8 Å². The predicted octanol–water partition coefficient (Wildman–Crippen LogP) is 3.27. The van der Waals surface area contributed by atoms with E-state index in [-0.39, 0.29) is 5.97 Å². The monoisotopic (exact) mass is 348 g/mol. The van der Waals surface area contributed by atoms with E-state index in [9.17, 15) is 4.79 Å². The molecular weight excluding hydrogens is 318 g/mol. The fourth-order valence-corrected chi connectivity index (χ4v) is 4.66. The molecule has 2 saturated heterocycles. The zero-order valence-electron chi connectivity index (χ0n) is 15.6. The number of piperidine rings is 2. The highest BCUT2D eigenvalue weighted by Crippen LogP contribution is 2.36. The van der Waals surface area contributed by atoms with Gasteiger partial charge in [0.05, 0.1) is 40.4 Å². The van der Waals surface area contributed by atoms with Crippen molar-refractivity contribution in [3.8, 4) is 11.5 Å². The Kier molecular flexibility index (Phi) is 5.52. The van der Waals surface area contributed by atoms with Gasteiger partial charge in [-0.05, 0) is 37.8 Å². The summed E-state index contributed by atoms with van der Waals surface area (Å²) >= 11 is 0. The molecule has 0 aromatic heterocycles. The quantitative estimate of drug-likeness (QED) is 0.605. The molecule has 2 heterocycles. The maximum atomic E-state index is 12.6. The fraction of sp³-hybridized carbons (Fsp3) is 0.650. The summed E-state index contributed by atoms with van der Waals surface area (Å²) in [5, 5.41) is 0. The van der Waals surface area contributed by atoms with Gasteiger partial charge in [0.25, 0.3) is 0 Å². The van der Waals surface area contributed by atoms with E-state index in [2.05, 4.69) is 7.05 Å². The van der Waals surface area contributed by atoms with Crippen molar-refractivity contribution >= 4 is 5.97 Å². The summed E-state index contributed by atoms with van der Waals surface area (Å²) in [6, 6.07) is 5.82. The molecule has 1 aromatic rings. The maximum Gasteiger partial charge on any atom is 0.341 e. The number of rotatable bonds is 5. The summed E-state index contributed by atoms with van der Waals surface area (Å²) in [5.74, 6) is 1.31. The third-order valence-corrected chi connectivity index (χ3v) is 6.06. The molecule has 25 heavy (non-hydrogen) atoms. The second kappa shape index (κ2) is 7.65. The van der Waals surface area contributed by atoms with Crippen LogP contribution >= 0.6 is 0 Å². The van der Waals surface area contributed by atoms with Crippen LogP contribution in [-0.4, -0.2) is 57.5 Å². The standard InChI is InChI=1S/C20H30NO4/c1-21-11-5-4-8-18(21)15(7-6-12-21)14-25-20(22)17-10-9-16(23-2)13-19(17)24-3/h9-10,13,15,18H,4-8,11-12,14H2,1-3H3/q+1. The van der Waals surface area contributed by atoms with E-state index in [4.69, 9.17) is 14.2 Å². The Hall–Kier alpha value is -1.75. The first-order chi connectivity index (χ1) is 12.1. The molecule has 3 atom stereocenters. The number of nitrogens with zero attached hydrogens (tertiary/aromatic N) is 1. The van der Waals surface area contributed by atoms with Gasteiger partial charge < -0.3 is 18.7 Å². The largest absolute Gasteiger partial charge is 0.497 e. The SMILES string of the molecule is COc1ccc(C(=O)OCC2CCC[N+]3(C)CCCCC23)c(OC)c1. The molecule has 2 aliphatic heterocycles. The molecule has 1 aromatic carbocycles. The molecule has 2 aliphatic rings. The Balaban J connectivity index is 1.66. The molecule has 0 saturated carbocycles. The molecule has 5 nitrogen and oxygen atoms in total. The second-order valence-electron chi connectivity index (χ2n) is 7.56. The Bertz CT molecular complexity index is 614.